The van der Waals surface area contributed by atoms with Crippen LogP contribution in [0.25, 0.3) is 0 Å². The molecule has 3 nitrogen and oxygen atoms in total. The molecule has 1 rings (SSSR count). The monoisotopic (exact) mass is 291 g/mol. The Morgan fingerprint density at radius 2 is 2.06 bits per heavy atom. The average molecular weight is 292 g/mol. The molecule has 0 N–H and O–H groups in total. The molecule has 0 saturated carbocycles. The second-order valence-electron chi connectivity index (χ2n) is 3.21. The van der Waals surface area contributed by atoms with Crippen molar-refractivity contribution in [2.45, 2.75) is 11.8 Å². The van der Waals surface area contributed by atoms with Gasteiger partial charge in [-0.15, -0.1) is 6.42 Å². The molecule has 17 heavy (non-hydrogen) atoms. The smallest absolute Gasteiger partial charge is 0.207 e. The number of sulfonamides is 1. The third-order valence-corrected chi connectivity index (χ3v) is 4.77. The standard InChI is InChI=1S/C11H11Cl2NO2S/c1-3-7-14(4-2)17(15,16)11-8-9(12)5-6-10(11)13/h1,5-6,8H,4,7H2,2H3. The fourth-order valence-electron chi connectivity index (χ4n) is 1.28. The minimum absolute atomic E-state index is 0.00166. The number of hydrogen-bond acceptors (Lipinski definition) is 2. The maximum atomic E-state index is 12.2. The molecule has 0 heterocycles. The first kappa shape index (κ1) is 14.3. The zero-order valence-corrected chi connectivity index (χ0v) is 11.5. The molecule has 6 heteroatoms. The molecule has 0 atom stereocenters. The quantitative estimate of drug-likeness (QED) is 0.800. The van der Waals surface area contributed by atoms with Crippen LogP contribution in [-0.4, -0.2) is 25.8 Å². The Labute approximate surface area is 111 Å². The molecular weight excluding hydrogens is 281 g/mol. The molecule has 0 aromatic heterocycles. The van der Waals surface area contributed by atoms with Gasteiger partial charge in [0.2, 0.25) is 10.0 Å². The zero-order chi connectivity index (χ0) is 13.1. The molecule has 0 aliphatic heterocycles. The summed E-state index contributed by atoms with van der Waals surface area (Å²) in [7, 11) is -3.69. The Bertz CT molecular complexity index is 549. The number of terminal acetylenes is 1. The number of halogens is 2. The fourth-order valence-corrected chi connectivity index (χ4v) is 3.38. The molecule has 0 amide bonds. The molecule has 1 aromatic rings. The van der Waals surface area contributed by atoms with Gasteiger partial charge >= 0.3 is 0 Å². The van der Waals surface area contributed by atoms with E-state index in [0.717, 1.165) is 4.31 Å². The Morgan fingerprint density at radius 3 is 2.59 bits per heavy atom. The van der Waals surface area contributed by atoms with Gasteiger partial charge in [0.25, 0.3) is 0 Å². The third kappa shape index (κ3) is 3.14. The van der Waals surface area contributed by atoms with Gasteiger partial charge in [0.1, 0.15) is 4.90 Å². The minimum atomic E-state index is -3.69. The van der Waals surface area contributed by atoms with E-state index >= 15 is 0 Å². The molecule has 0 spiro atoms. The van der Waals surface area contributed by atoms with Crippen molar-refractivity contribution in [2.24, 2.45) is 0 Å². The summed E-state index contributed by atoms with van der Waals surface area (Å²) in [4.78, 5) is -0.0243. The molecule has 0 aliphatic rings. The maximum Gasteiger partial charge on any atom is 0.245 e. The van der Waals surface area contributed by atoms with E-state index in [-0.39, 0.29) is 23.0 Å². The van der Waals surface area contributed by atoms with Gasteiger partial charge in [-0.1, -0.05) is 36.0 Å². The molecular formula is C11H11Cl2NO2S. The first-order valence-corrected chi connectivity index (χ1v) is 7.01. The summed E-state index contributed by atoms with van der Waals surface area (Å²) in [6, 6.07) is 4.29. The second-order valence-corrected chi connectivity index (χ2v) is 5.96. The predicted molar refractivity (Wildman–Crippen MR) is 69.7 cm³/mol. The van der Waals surface area contributed by atoms with Gasteiger partial charge in [0, 0.05) is 11.6 Å². The Balaban J connectivity index is 3.30. The van der Waals surface area contributed by atoms with Crippen molar-refractivity contribution in [3.05, 3.63) is 28.2 Å². The molecule has 0 unspecified atom stereocenters. The zero-order valence-electron chi connectivity index (χ0n) is 9.15. The third-order valence-electron chi connectivity index (χ3n) is 2.13. The number of benzene rings is 1. The number of nitrogens with zero attached hydrogens (tertiary/aromatic N) is 1. The lowest BCUT2D eigenvalue weighted by Gasteiger charge is -2.18. The minimum Gasteiger partial charge on any atom is -0.207 e. The molecule has 92 valence electrons. The SMILES string of the molecule is C#CCN(CC)S(=O)(=O)c1cc(Cl)ccc1Cl. The summed E-state index contributed by atoms with van der Waals surface area (Å²) >= 11 is 11.6. The van der Waals surface area contributed by atoms with Gasteiger partial charge in [-0.3, -0.25) is 0 Å². The number of hydrogen-bond donors (Lipinski definition) is 0. The molecule has 1 aromatic carbocycles. The van der Waals surface area contributed by atoms with E-state index in [9.17, 15) is 8.42 Å². The summed E-state index contributed by atoms with van der Waals surface area (Å²) in [5, 5.41) is 0.439. The fraction of sp³-hybridized carbons (Fsp3) is 0.273. The topological polar surface area (TPSA) is 37.4 Å². The summed E-state index contributed by atoms with van der Waals surface area (Å²) in [5.74, 6) is 2.30. The maximum absolute atomic E-state index is 12.2. The normalized spacial score (nSPS) is 11.5. The van der Waals surface area contributed by atoms with Crippen molar-refractivity contribution in [3.63, 3.8) is 0 Å². The summed E-state index contributed by atoms with van der Waals surface area (Å²) in [6.07, 6.45) is 5.13. The van der Waals surface area contributed by atoms with Crippen LogP contribution in [0.3, 0.4) is 0 Å². The van der Waals surface area contributed by atoms with E-state index in [1.54, 1.807) is 6.92 Å². The van der Waals surface area contributed by atoms with Crippen molar-refractivity contribution < 1.29 is 8.42 Å². The molecule has 0 fully saturated rings. The van der Waals surface area contributed by atoms with Crippen LogP contribution in [0.1, 0.15) is 6.92 Å². The van der Waals surface area contributed by atoms with Crippen LogP contribution in [0, 0.1) is 12.3 Å². The van der Waals surface area contributed by atoms with Crippen molar-refractivity contribution >= 4 is 33.2 Å². The van der Waals surface area contributed by atoms with Crippen molar-refractivity contribution in [1.82, 2.24) is 4.31 Å². The average Bonchev–Trinajstić information content (AvgIpc) is 2.28. The van der Waals surface area contributed by atoms with Gasteiger partial charge in [-0.2, -0.15) is 4.31 Å². The van der Waals surface area contributed by atoms with Crippen LogP contribution in [0.5, 0.6) is 0 Å². The van der Waals surface area contributed by atoms with Crippen molar-refractivity contribution in [1.29, 1.82) is 0 Å². The van der Waals surface area contributed by atoms with E-state index in [1.165, 1.54) is 18.2 Å². The van der Waals surface area contributed by atoms with Crippen LogP contribution in [0.15, 0.2) is 23.1 Å². The highest BCUT2D eigenvalue weighted by atomic mass is 35.5. The molecule has 0 radical (unpaired) electrons. The predicted octanol–water partition coefficient (Wildman–Crippen LogP) is 2.64. The van der Waals surface area contributed by atoms with Crippen LogP contribution in [0.2, 0.25) is 10.0 Å². The second kappa shape index (κ2) is 5.74. The van der Waals surface area contributed by atoms with Crippen LogP contribution < -0.4 is 0 Å². The first-order chi connectivity index (χ1) is 7.93. The Hall–Kier alpha value is -0.730. The van der Waals surface area contributed by atoms with Crippen molar-refractivity contribution in [3.8, 4) is 12.3 Å². The van der Waals surface area contributed by atoms with Gasteiger partial charge in [0.15, 0.2) is 0 Å². The van der Waals surface area contributed by atoms with Crippen LogP contribution in [0.4, 0.5) is 0 Å². The summed E-state index contributed by atoms with van der Waals surface area (Å²) in [6.45, 7) is 1.98. The van der Waals surface area contributed by atoms with E-state index in [0.29, 0.717) is 5.02 Å². The lowest BCUT2D eigenvalue weighted by molar-refractivity contribution is 0.464. The summed E-state index contributed by atoms with van der Waals surface area (Å²) in [5.41, 5.74) is 0. The summed E-state index contributed by atoms with van der Waals surface area (Å²) < 4.78 is 25.6. The van der Waals surface area contributed by atoms with Gasteiger partial charge < -0.3 is 0 Å². The first-order valence-electron chi connectivity index (χ1n) is 4.82. The van der Waals surface area contributed by atoms with Crippen LogP contribution in [-0.2, 0) is 10.0 Å². The molecule has 0 saturated heterocycles. The van der Waals surface area contributed by atoms with Gasteiger partial charge in [-0.05, 0) is 18.2 Å². The highest BCUT2D eigenvalue weighted by Crippen LogP contribution is 2.27. The van der Waals surface area contributed by atoms with Crippen LogP contribution >= 0.6 is 23.2 Å². The Kier molecular flexibility index (Phi) is 4.84. The highest BCUT2D eigenvalue weighted by Gasteiger charge is 2.25. The van der Waals surface area contributed by atoms with Gasteiger partial charge in [-0.25, -0.2) is 8.42 Å². The highest BCUT2D eigenvalue weighted by molar-refractivity contribution is 7.89. The Morgan fingerprint density at radius 1 is 1.41 bits per heavy atom. The van der Waals surface area contributed by atoms with E-state index in [4.69, 9.17) is 29.6 Å². The number of rotatable bonds is 4. The van der Waals surface area contributed by atoms with Crippen molar-refractivity contribution in [2.75, 3.05) is 13.1 Å². The van der Waals surface area contributed by atoms with E-state index < -0.39 is 10.0 Å². The van der Waals surface area contributed by atoms with Gasteiger partial charge in [0.05, 0.1) is 11.6 Å². The van der Waals surface area contributed by atoms with E-state index in [1.807, 2.05) is 0 Å². The van der Waals surface area contributed by atoms with E-state index in [2.05, 4.69) is 5.92 Å². The molecule has 0 aliphatic carbocycles. The largest absolute Gasteiger partial charge is 0.245 e. The lowest BCUT2D eigenvalue weighted by Crippen LogP contribution is -2.31. The lowest BCUT2D eigenvalue weighted by atomic mass is 10.4. The molecule has 0 bridgehead atoms.